The first kappa shape index (κ1) is 26.5. The number of primary amides is 1. The Labute approximate surface area is 201 Å². The van der Waals surface area contributed by atoms with Gasteiger partial charge in [0.25, 0.3) is 5.91 Å². The first-order chi connectivity index (χ1) is 14.3. The van der Waals surface area contributed by atoms with Crippen LogP contribution < -0.4 is 25.8 Å². The maximum absolute atomic E-state index is 10.9. The van der Waals surface area contributed by atoms with Gasteiger partial charge in [0.1, 0.15) is 17.1 Å². The van der Waals surface area contributed by atoms with Gasteiger partial charge in [-0.1, -0.05) is 30.3 Å². The van der Waals surface area contributed by atoms with Gasteiger partial charge in [0.2, 0.25) is 0 Å². The van der Waals surface area contributed by atoms with E-state index in [9.17, 15) is 4.79 Å². The van der Waals surface area contributed by atoms with Gasteiger partial charge in [-0.25, -0.2) is 4.99 Å². The van der Waals surface area contributed by atoms with Crippen molar-refractivity contribution in [2.75, 3.05) is 13.2 Å². The van der Waals surface area contributed by atoms with Crippen molar-refractivity contribution >= 4 is 35.8 Å². The minimum atomic E-state index is -0.507. The maximum Gasteiger partial charge on any atom is 0.255 e. The molecule has 0 radical (unpaired) electrons. The number of nitrogens with one attached hydrogen (secondary N) is 2. The highest BCUT2D eigenvalue weighted by molar-refractivity contribution is 14.0. The van der Waals surface area contributed by atoms with Crippen molar-refractivity contribution in [3.63, 3.8) is 0 Å². The SMILES string of the molecule is CCNC(=NCc1cccc(OCC(N)=O)c1)NCc1ccccc1OC(C)(C)C.I. The number of para-hydroxylation sites is 1. The molecule has 8 heteroatoms. The molecule has 0 heterocycles. The second-order valence-corrected chi connectivity index (χ2v) is 7.77. The number of hydrogen-bond acceptors (Lipinski definition) is 4. The Morgan fingerprint density at radius 1 is 1.10 bits per heavy atom. The van der Waals surface area contributed by atoms with Crippen LogP contribution in [0.3, 0.4) is 0 Å². The number of ether oxygens (including phenoxy) is 2. The molecule has 0 saturated carbocycles. The Bertz CT molecular complexity index is 866. The number of benzene rings is 2. The van der Waals surface area contributed by atoms with Crippen LogP contribution in [0.4, 0.5) is 0 Å². The standard InChI is InChI=1S/C23H32N4O3.HI/c1-5-25-22(26-14-17-9-8-11-19(13-17)29-16-21(24)28)27-15-18-10-6-7-12-20(18)30-23(2,3)4;/h6-13H,5,14-16H2,1-4H3,(H2,24,28)(H2,25,26,27);1H. The van der Waals surface area contributed by atoms with E-state index in [0.717, 1.165) is 23.4 Å². The number of nitrogens with two attached hydrogens (primary N) is 1. The number of carbonyl (C=O) groups excluding carboxylic acids is 1. The van der Waals surface area contributed by atoms with Crippen LogP contribution in [0.25, 0.3) is 0 Å². The lowest BCUT2D eigenvalue weighted by molar-refractivity contribution is -0.119. The van der Waals surface area contributed by atoms with Crippen molar-refractivity contribution in [1.82, 2.24) is 10.6 Å². The van der Waals surface area contributed by atoms with Crippen LogP contribution in [0.1, 0.15) is 38.8 Å². The molecule has 2 aromatic carbocycles. The predicted molar refractivity (Wildman–Crippen MR) is 135 cm³/mol. The summed E-state index contributed by atoms with van der Waals surface area (Å²) in [6.45, 7) is 9.76. The quantitative estimate of drug-likeness (QED) is 0.257. The molecule has 4 N–H and O–H groups in total. The lowest BCUT2D eigenvalue weighted by atomic mass is 10.1. The molecule has 0 bridgehead atoms. The molecule has 0 aromatic heterocycles. The number of guanidine groups is 1. The minimum absolute atomic E-state index is 0. The summed E-state index contributed by atoms with van der Waals surface area (Å²) in [6.07, 6.45) is 0. The third-order valence-corrected chi connectivity index (χ3v) is 3.88. The molecule has 7 nitrogen and oxygen atoms in total. The lowest BCUT2D eigenvalue weighted by Gasteiger charge is -2.23. The predicted octanol–water partition coefficient (Wildman–Crippen LogP) is 3.60. The van der Waals surface area contributed by atoms with Gasteiger partial charge >= 0.3 is 0 Å². The van der Waals surface area contributed by atoms with E-state index in [2.05, 4.69) is 15.6 Å². The molecule has 0 fully saturated rings. The molecule has 170 valence electrons. The van der Waals surface area contributed by atoms with E-state index in [1.54, 1.807) is 6.07 Å². The van der Waals surface area contributed by atoms with E-state index >= 15 is 0 Å². The molecule has 2 rings (SSSR count). The molecule has 0 saturated heterocycles. The number of carbonyl (C=O) groups is 1. The summed E-state index contributed by atoms with van der Waals surface area (Å²) in [5, 5.41) is 6.61. The number of hydrogen-bond donors (Lipinski definition) is 3. The molecule has 31 heavy (non-hydrogen) atoms. The van der Waals surface area contributed by atoms with Gasteiger partial charge in [-0.05, 0) is 51.5 Å². The van der Waals surface area contributed by atoms with Gasteiger partial charge in [0.15, 0.2) is 12.6 Å². The fraction of sp³-hybridized carbons (Fsp3) is 0.391. The van der Waals surface area contributed by atoms with Crippen LogP contribution >= 0.6 is 24.0 Å². The fourth-order valence-electron chi connectivity index (χ4n) is 2.66. The molecule has 0 spiro atoms. The smallest absolute Gasteiger partial charge is 0.255 e. The Balaban J connectivity index is 0.00000480. The zero-order valence-electron chi connectivity index (χ0n) is 18.6. The van der Waals surface area contributed by atoms with Crippen molar-refractivity contribution < 1.29 is 14.3 Å². The number of rotatable bonds is 9. The number of amides is 1. The van der Waals surface area contributed by atoms with Crippen molar-refractivity contribution in [2.24, 2.45) is 10.7 Å². The molecular weight excluding hydrogens is 507 g/mol. The van der Waals surface area contributed by atoms with Crippen molar-refractivity contribution in [1.29, 1.82) is 0 Å². The summed E-state index contributed by atoms with van der Waals surface area (Å²) in [5.41, 5.74) is 6.88. The molecule has 0 aliphatic heterocycles. The van der Waals surface area contributed by atoms with Crippen LogP contribution in [-0.2, 0) is 17.9 Å². The zero-order chi connectivity index (χ0) is 22.0. The molecule has 0 unspecified atom stereocenters. The van der Waals surface area contributed by atoms with Crippen LogP contribution in [0.2, 0.25) is 0 Å². The highest BCUT2D eigenvalue weighted by atomic mass is 127. The van der Waals surface area contributed by atoms with Gasteiger partial charge in [-0.15, -0.1) is 24.0 Å². The van der Waals surface area contributed by atoms with Gasteiger partial charge in [0.05, 0.1) is 6.54 Å². The average molecular weight is 540 g/mol. The molecule has 1 amide bonds. The lowest BCUT2D eigenvalue weighted by Crippen LogP contribution is -2.37. The number of halogens is 1. The third-order valence-electron chi connectivity index (χ3n) is 3.88. The fourth-order valence-corrected chi connectivity index (χ4v) is 2.66. The van der Waals surface area contributed by atoms with Gasteiger partial charge in [-0.3, -0.25) is 4.79 Å². The van der Waals surface area contributed by atoms with E-state index in [-0.39, 0.29) is 36.2 Å². The van der Waals surface area contributed by atoms with Crippen LogP contribution in [-0.4, -0.2) is 30.6 Å². The summed E-state index contributed by atoms with van der Waals surface area (Å²) >= 11 is 0. The van der Waals surface area contributed by atoms with E-state index in [4.69, 9.17) is 15.2 Å². The van der Waals surface area contributed by atoms with E-state index in [1.807, 2.05) is 70.2 Å². The molecule has 0 atom stereocenters. The maximum atomic E-state index is 10.9. The number of aliphatic imine (C=N–C) groups is 1. The molecule has 0 aliphatic carbocycles. The second-order valence-electron chi connectivity index (χ2n) is 7.77. The van der Waals surface area contributed by atoms with Crippen molar-refractivity contribution in [3.05, 3.63) is 59.7 Å². The van der Waals surface area contributed by atoms with E-state index in [1.165, 1.54) is 0 Å². The summed E-state index contributed by atoms with van der Waals surface area (Å²) in [6, 6.07) is 15.4. The zero-order valence-corrected chi connectivity index (χ0v) is 20.9. The summed E-state index contributed by atoms with van der Waals surface area (Å²) < 4.78 is 11.4. The van der Waals surface area contributed by atoms with Crippen LogP contribution in [0.5, 0.6) is 11.5 Å². The first-order valence-corrected chi connectivity index (χ1v) is 10.1. The molecule has 2 aromatic rings. The van der Waals surface area contributed by atoms with Crippen LogP contribution in [0.15, 0.2) is 53.5 Å². The summed E-state index contributed by atoms with van der Waals surface area (Å²) in [4.78, 5) is 15.5. The summed E-state index contributed by atoms with van der Waals surface area (Å²) in [7, 11) is 0. The van der Waals surface area contributed by atoms with Gasteiger partial charge < -0.3 is 25.8 Å². The Morgan fingerprint density at radius 3 is 2.52 bits per heavy atom. The van der Waals surface area contributed by atoms with E-state index in [0.29, 0.717) is 24.8 Å². The Hall–Kier alpha value is -2.49. The van der Waals surface area contributed by atoms with Crippen LogP contribution in [0, 0.1) is 0 Å². The Morgan fingerprint density at radius 2 is 1.84 bits per heavy atom. The van der Waals surface area contributed by atoms with Crippen molar-refractivity contribution in [3.8, 4) is 11.5 Å². The summed E-state index contributed by atoms with van der Waals surface area (Å²) in [5.74, 6) is 1.64. The molecule has 0 aliphatic rings. The largest absolute Gasteiger partial charge is 0.488 e. The average Bonchev–Trinajstić information content (AvgIpc) is 2.68. The Kier molecular flexibility index (Phi) is 11.2. The van der Waals surface area contributed by atoms with Gasteiger partial charge in [0, 0.05) is 18.7 Å². The topological polar surface area (TPSA) is 98.0 Å². The number of nitrogens with zero attached hydrogens (tertiary/aromatic N) is 1. The molecular formula is C23H33IN4O3. The highest BCUT2D eigenvalue weighted by Crippen LogP contribution is 2.22. The van der Waals surface area contributed by atoms with E-state index < -0.39 is 5.91 Å². The van der Waals surface area contributed by atoms with Crippen molar-refractivity contribution in [2.45, 2.75) is 46.4 Å². The second kappa shape index (κ2) is 13.0. The first-order valence-electron chi connectivity index (χ1n) is 10.1. The normalized spacial score (nSPS) is 11.3. The third kappa shape index (κ3) is 10.4. The monoisotopic (exact) mass is 540 g/mol. The minimum Gasteiger partial charge on any atom is -0.488 e. The van der Waals surface area contributed by atoms with Gasteiger partial charge in [-0.2, -0.15) is 0 Å². The highest BCUT2D eigenvalue weighted by Gasteiger charge is 2.14.